The van der Waals surface area contributed by atoms with Gasteiger partial charge in [-0.3, -0.25) is 0 Å². The maximum Gasteiger partial charge on any atom is 0.135 e. The second-order valence-electron chi connectivity index (χ2n) is 6.59. The van der Waals surface area contributed by atoms with Gasteiger partial charge in [0.05, 0.1) is 0 Å². The minimum Gasteiger partial charge on any atom is -0.370 e. The lowest BCUT2D eigenvalue weighted by molar-refractivity contribution is 0.349. The van der Waals surface area contributed by atoms with Crippen LogP contribution in [0.4, 0.5) is 11.6 Å². The standard InChI is InChI=1S/C17H30N4/c1-5-10-18-15-11-16(21-17(20-15)12(2)3)19-14-9-7-6-8-13(14)4/h11-14H,5-10H2,1-4H3,(H2,18,19,20,21). The Morgan fingerprint density at radius 2 is 1.90 bits per heavy atom. The van der Waals surface area contributed by atoms with E-state index < -0.39 is 0 Å². The normalized spacial score (nSPS) is 22.3. The third-order valence-electron chi connectivity index (χ3n) is 4.26. The summed E-state index contributed by atoms with van der Waals surface area (Å²) >= 11 is 0. The Morgan fingerprint density at radius 1 is 1.19 bits per heavy atom. The molecule has 0 saturated heterocycles. The van der Waals surface area contributed by atoms with E-state index >= 15 is 0 Å². The monoisotopic (exact) mass is 290 g/mol. The van der Waals surface area contributed by atoms with Crippen LogP contribution in [0.5, 0.6) is 0 Å². The summed E-state index contributed by atoms with van der Waals surface area (Å²) in [6.45, 7) is 9.75. The van der Waals surface area contributed by atoms with E-state index in [9.17, 15) is 0 Å². The highest BCUT2D eigenvalue weighted by Crippen LogP contribution is 2.27. The Bertz CT molecular complexity index is 444. The molecule has 1 saturated carbocycles. The average Bonchev–Trinajstić information content (AvgIpc) is 2.47. The van der Waals surface area contributed by atoms with Gasteiger partial charge < -0.3 is 10.6 Å². The van der Waals surface area contributed by atoms with Crippen molar-refractivity contribution >= 4 is 11.6 Å². The summed E-state index contributed by atoms with van der Waals surface area (Å²) in [5.74, 6) is 3.91. The van der Waals surface area contributed by atoms with E-state index in [0.717, 1.165) is 36.3 Å². The third-order valence-corrected chi connectivity index (χ3v) is 4.26. The number of hydrogen-bond donors (Lipinski definition) is 2. The lowest BCUT2D eigenvalue weighted by atomic mass is 9.86. The lowest BCUT2D eigenvalue weighted by Crippen LogP contribution is -2.30. The minimum absolute atomic E-state index is 0.345. The van der Waals surface area contributed by atoms with Crippen LogP contribution in [0.15, 0.2) is 6.07 Å². The zero-order valence-electron chi connectivity index (χ0n) is 13.9. The molecular weight excluding hydrogens is 260 g/mol. The van der Waals surface area contributed by atoms with Crippen LogP contribution in [0.3, 0.4) is 0 Å². The van der Waals surface area contributed by atoms with E-state index in [0.29, 0.717) is 12.0 Å². The highest BCUT2D eigenvalue weighted by atomic mass is 15.1. The van der Waals surface area contributed by atoms with Crippen LogP contribution < -0.4 is 10.6 Å². The van der Waals surface area contributed by atoms with Crippen molar-refractivity contribution in [1.82, 2.24) is 9.97 Å². The van der Waals surface area contributed by atoms with Gasteiger partial charge in [-0.1, -0.05) is 40.5 Å². The number of anilines is 2. The molecule has 2 rings (SSSR count). The van der Waals surface area contributed by atoms with Crippen LogP contribution in [0, 0.1) is 5.92 Å². The topological polar surface area (TPSA) is 49.8 Å². The highest BCUT2D eigenvalue weighted by Gasteiger charge is 2.21. The molecule has 0 amide bonds. The van der Waals surface area contributed by atoms with Gasteiger partial charge in [0, 0.05) is 24.6 Å². The first-order valence-corrected chi connectivity index (χ1v) is 8.49. The van der Waals surface area contributed by atoms with E-state index in [1.54, 1.807) is 0 Å². The Kier molecular flexibility index (Phi) is 5.83. The molecule has 0 aliphatic heterocycles. The highest BCUT2D eigenvalue weighted by molar-refractivity contribution is 5.48. The molecule has 1 aromatic heterocycles. The van der Waals surface area contributed by atoms with Gasteiger partial charge in [0.2, 0.25) is 0 Å². The molecule has 2 unspecified atom stereocenters. The van der Waals surface area contributed by atoms with Crippen LogP contribution in [0.2, 0.25) is 0 Å². The van der Waals surface area contributed by atoms with Gasteiger partial charge in [0.15, 0.2) is 0 Å². The maximum atomic E-state index is 4.71. The van der Waals surface area contributed by atoms with Crippen LogP contribution >= 0.6 is 0 Å². The molecule has 1 fully saturated rings. The van der Waals surface area contributed by atoms with Gasteiger partial charge in [0.1, 0.15) is 17.5 Å². The van der Waals surface area contributed by atoms with E-state index in [4.69, 9.17) is 4.98 Å². The van der Waals surface area contributed by atoms with Gasteiger partial charge in [-0.2, -0.15) is 0 Å². The van der Waals surface area contributed by atoms with Gasteiger partial charge in [0.25, 0.3) is 0 Å². The largest absolute Gasteiger partial charge is 0.370 e. The van der Waals surface area contributed by atoms with Crippen molar-refractivity contribution in [3.63, 3.8) is 0 Å². The first-order valence-electron chi connectivity index (χ1n) is 8.49. The lowest BCUT2D eigenvalue weighted by Gasteiger charge is -2.30. The maximum absolute atomic E-state index is 4.71. The second-order valence-corrected chi connectivity index (χ2v) is 6.59. The number of hydrogen-bond acceptors (Lipinski definition) is 4. The van der Waals surface area contributed by atoms with Crippen molar-refractivity contribution in [3.8, 4) is 0 Å². The fraction of sp³-hybridized carbons (Fsp3) is 0.765. The minimum atomic E-state index is 0.345. The van der Waals surface area contributed by atoms with E-state index in [-0.39, 0.29) is 0 Å². The van der Waals surface area contributed by atoms with Crippen molar-refractivity contribution in [2.75, 3.05) is 17.2 Å². The van der Waals surface area contributed by atoms with Crippen molar-refractivity contribution < 1.29 is 0 Å². The molecule has 4 heteroatoms. The SMILES string of the molecule is CCCNc1cc(NC2CCCCC2C)nc(C(C)C)n1. The van der Waals surface area contributed by atoms with Crippen LogP contribution in [-0.2, 0) is 0 Å². The molecule has 1 aliphatic rings. The van der Waals surface area contributed by atoms with Crippen molar-refractivity contribution in [2.24, 2.45) is 5.92 Å². The predicted octanol–water partition coefficient (Wildman–Crippen LogP) is 4.41. The molecule has 118 valence electrons. The van der Waals surface area contributed by atoms with Crippen molar-refractivity contribution in [3.05, 3.63) is 11.9 Å². The van der Waals surface area contributed by atoms with Crippen LogP contribution in [-0.4, -0.2) is 22.6 Å². The van der Waals surface area contributed by atoms with Gasteiger partial charge in [-0.15, -0.1) is 0 Å². The van der Waals surface area contributed by atoms with Crippen molar-refractivity contribution in [2.45, 2.75) is 71.8 Å². The summed E-state index contributed by atoms with van der Waals surface area (Å²) in [6.07, 6.45) is 6.36. The smallest absolute Gasteiger partial charge is 0.135 e. The molecule has 1 aromatic rings. The van der Waals surface area contributed by atoms with E-state index in [1.807, 2.05) is 0 Å². The Balaban J connectivity index is 2.14. The second kappa shape index (κ2) is 7.62. The fourth-order valence-electron chi connectivity index (χ4n) is 2.86. The van der Waals surface area contributed by atoms with Gasteiger partial charge in [-0.25, -0.2) is 9.97 Å². The summed E-state index contributed by atoms with van der Waals surface area (Å²) in [6, 6.07) is 2.61. The third kappa shape index (κ3) is 4.58. The van der Waals surface area contributed by atoms with Crippen LogP contribution in [0.25, 0.3) is 0 Å². The summed E-state index contributed by atoms with van der Waals surface area (Å²) < 4.78 is 0. The number of aromatic nitrogens is 2. The average molecular weight is 290 g/mol. The zero-order valence-corrected chi connectivity index (χ0v) is 13.9. The summed E-state index contributed by atoms with van der Waals surface area (Å²) in [4.78, 5) is 9.33. The number of nitrogens with one attached hydrogen (secondary N) is 2. The van der Waals surface area contributed by atoms with Crippen molar-refractivity contribution in [1.29, 1.82) is 0 Å². The first-order chi connectivity index (χ1) is 10.1. The molecular formula is C17H30N4. The Labute approximate surface area is 129 Å². The molecule has 0 aromatic carbocycles. The predicted molar refractivity (Wildman–Crippen MR) is 89.9 cm³/mol. The zero-order chi connectivity index (χ0) is 15.2. The van der Waals surface area contributed by atoms with Gasteiger partial charge >= 0.3 is 0 Å². The molecule has 2 N–H and O–H groups in total. The molecule has 4 nitrogen and oxygen atoms in total. The molecule has 0 spiro atoms. The summed E-state index contributed by atoms with van der Waals surface area (Å²) in [5, 5.41) is 7.04. The number of rotatable bonds is 6. The molecule has 1 aliphatic carbocycles. The molecule has 0 radical (unpaired) electrons. The fourth-order valence-corrected chi connectivity index (χ4v) is 2.86. The number of nitrogens with zero attached hydrogens (tertiary/aromatic N) is 2. The van der Waals surface area contributed by atoms with E-state index in [1.165, 1.54) is 25.7 Å². The molecule has 0 bridgehead atoms. The quantitative estimate of drug-likeness (QED) is 0.814. The van der Waals surface area contributed by atoms with E-state index in [2.05, 4.69) is 49.4 Å². The van der Waals surface area contributed by atoms with Gasteiger partial charge in [-0.05, 0) is 25.2 Å². The van der Waals surface area contributed by atoms with Crippen LogP contribution in [0.1, 0.15) is 71.5 Å². The molecule has 1 heterocycles. The Morgan fingerprint density at radius 3 is 2.57 bits per heavy atom. The molecule has 21 heavy (non-hydrogen) atoms. The summed E-state index contributed by atoms with van der Waals surface area (Å²) in [5.41, 5.74) is 0. The molecule has 2 atom stereocenters. The summed E-state index contributed by atoms with van der Waals surface area (Å²) in [7, 11) is 0. The Hall–Kier alpha value is -1.32. The first kappa shape index (κ1) is 16.1.